The summed E-state index contributed by atoms with van der Waals surface area (Å²) in [5, 5.41) is 0.159. The molecule has 0 saturated carbocycles. The molecule has 5 nitrogen and oxygen atoms in total. The Balaban J connectivity index is 5.71. The van der Waals surface area contributed by atoms with Gasteiger partial charge in [-0.15, -0.1) is 0 Å². The molecule has 0 amide bonds. The summed E-state index contributed by atoms with van der Waals surface area (Å²) in [6.07, 6.45) is 1.38. The van der Waals surface area contributed by atoms with E-state index in [-0.39, 0.29) is 35.9 Å². The molecule has 0 spiro atoms. The maximum atomic E-state index is 11.5. The van der Waals surface area contributed by atoms with Gasteiger partial charge in [-0.05, 0) is 42.7 Å². The first-order valence-electron chi connectivity index (χ1n) is 11.7. The summed E-state index contributed by atoms with van der Waals surface area (Å²) in [6.45, 7) is 23.0. The van der Waals surface area contributed by atoms with Gasteiger partial charge in [-0.3, -0.25) is 0 Å². The predicted octanol–water partition coefficient (Wildman–Crippen LogP) is 6.25. The molecule has 0 N–H and O–H groups in total. The van der Waals surface area contributed by atoms with Crippen molar-refractivity contribution in [1.82, 2.24) is 0 Å². The fraction of sp³-hybridized carbons (Fsp3) is 0.957. The van der Waals surface area contributed by atoms with Gasteiger partial charge in [0.25, 0.3) is 0 Å². The third-order valence-corrected chi connectivity index (χ3v) is 16.2. The van der Waals surface area contributed by atoms with Crippen LogP contribution in [0.2, 0.25) is 36.3 Å². The second-order valence-corrected chi connectivity index (χ2v) is 19.9. The molecule has 0 radical (unpaired) electrons. The number of carbonyl (C=O) groups excluding carboxylic acids is 1. The van der Waals surface area contributed by atoms with Gasteiger partial charge in [0.2, 0.25) is 0 Å². The molecule has 0 aromatic rings. The Kier molecular flexibility index (Phi) is 13.5. The number of aldehydes is 1. The number of hydrogen-bond donors (Lipinski definition) is 0. The molecule has 4 atom stereocenters. The molecule has 0 fully saturated rings. The molecule has 180 valence electrons. The van der Waals surface area contributed by atoms with Gasteiger partial charge >= 0.3 is 0 Å². The Morgan fingerprint density at radius 2 is 1.53 bits per heavy atom. The highest BCUT2D eigenvalue weighted by Gasteiger charge is 2.41. The molecule has 0 aromatic heterocycles. The summed E-state index contributed by atoms with van der Waals surface area (Å²) in [4.78, 5) is 11.5. The van der Waals surface area contributed by atoms with Gasteiger partial charge in [0, 0.05) is 25.6 Å². The van der Waals surface area contributed by atoms with Crippen molar-refractivity contribution in [3.05, 3.63) is 0 Å². The Labute approximate surface area is 188 Å². The van der Waals surface area contributed by atoms with Crippen molar-refractivity contribution in [3.63, 3.8) is 0 Å². The van der Waals surface area contributed by atoms with Gasteiger partial charge in [0.1, 0.15) is 13.1 Å². The average molecular weight is 463 g/mol. The zero-order valence-corrected chi connectivity index (χ0v) is 23.7. The van der Waals surface area contributed by atoms with Crippen molar-refractivity contribution >= 4 is 22.9 Å². The molecule has 0 bridgehead atoms. The lowest BCUT2D eigenvalue weighted by Crippen LogP contribution is -2.49. The lowest BCUT2D eigenvalue weighted by molar-refractivity contribution is -0.136. The van der Waals surface area contributed by atoms with E-state index in [0.29, 0.717) is 13.0 Å². The lowest BCUT2D eigenvalue weighted by Gasteiger charge is -2.41. The number of rotatable bonds is 16. The van der Waals surface area contributed by atoms with Crippen LogP contribution in [0.1, 0.15) is 61.8 Å². The van der Waals surface area contributed by atoms with E-state index in [0.717, 1.165) is 24.4 Å². The van der Waals surface area contributed by atoms with Gasteiger partial charge in [-0.25, -0.2) is 0 Å². The van der Waals surface area contributed by atoms with Crippen LogP contribution in [0.5, 0.6) is 0 Å². The van der Waals surface area contributed by atoms with E-state index in [1.54, 1.807) is 7.11 Å². The lowest BCUT2D eigenvalue weighted by atomic mass is 9.94. The van der Waals surface area contributed by atoms with Crippen molar-refractivity contribution in [1.29, 1.82) is 0 Å². The minimum absolute atomic E-state index is 0.0746. The summed E-state index contributed by atoms with van der Waals surface area (Å²) in [5.74, 6) is 0.0600. The van der Waals surface area contributed by atoms with Crippen LogP contribution in [-0.4, -0.2) is 55.6 Å². The van der Waals surface area contributed by atoms with Crippen LogP contribution >= 0.6 is 0 Å². The molecule has 0 aromatic carbocycles. The monoisotopic (exact) mass is 462 g/mol. The molecule has 0 aliphatic carbocycles. The number of ether oxygens (including phenoxy) is 2. The van der Waals surface area contributed by atoms with E-state index >= 15 is 0 Å². The molecule has 0 rings (SSSR count). The minimum atomic E-state index is -1.87. The molecule has 7 heteroatoms. The van der Waals surface area contributed by atoms with Gasteiger partial charge in [-0.1, -0.05) is 55.4 Å². The normalized spacial score (nSPS) is 17.4. The maximum absolute atomic E-state index is 11.5. The molecular weight excluding hydrogens is 412 g/mol. The summed E-state index contributed by atoms with van der Waals surface area (Å²) in [6, 6.07) is 3.20. The molecule has 0 aliphatic heterocycles. The molecule has 30 heavy (non-hydrogen) atoms. The Bertz CT molecular complexity index is 466. The van der Waals surface area contributed by atoms with E-state index in [1.807, 2.05) is 6.92 Å². The van der Waals surface area contributed by atoms with Crippen LogP contribution < -0.4 is 0 Å². The Morgan fingerprint density at radius 1 is 1.00 bits per heavy atom. The smallest absolute Gasteiger partial charge is 0.192 e. The molecule has 0 heterocycles. The topological polar surface area (TPSA) is 54.0 Å². The van der Waals surface area contributed by atoms with Crippen LogP contribution in [0.4, 0.5) is 0 Å². The van der Waals surface area contributed by atoms with Gasteiger partial charge in [0.05, 0.1) is 12.2 Å². The first-order valence-corrected chi connectivity index (χ1v) is 17.1. The van der Waals surface area contributed by atoms with Crippen molar-refractivity contribution in [2.45, 2.75) is 110 Å². The van der Waals surface area contributed by atoms with E-state index in [1.165, 1.54) is 0 Å². The molecule has 0 unspecified atom stereocenters. The van der Waals surface area contributed by atoms with Crippen LogP contribution in [-0.2, 0) is 23.1 Å². The summed E-state index contributed by atoms with van der Waals surface area (Å²) < 4.78 is 24.8. The first kappa shape index (κ1) is 29.9. The second kappa shape index (κ2) is 13.5. The van der Waals surface area contributed by atoms with E-state index in [4.69, 9.17) is 18.3 Å². The highest BCUT2D eigenvalue weighted by Crippen LogP contribution is 2.37. The predicted molar refractivity (Wildman–Crippen MR) is 131 cm³/mol. The maximum Gasteiger partial charge on any atom is 0.192 e. The zero-order valence-electron chi connectivity index (χ0n) is 21.7. The number of methoxy groups -OCH3 is 1. The van der Waals surface area contributed by atoms with E-state index in [9.17, 15) is 4.79 Å². The second-order valence-electron chi connectivity index (χ2n) is 10.3. The van der Waals surface area contributed by atoms with Crippen molar-refractivity contribution in [3.8, 4) is 0 Å². The summed E-state index contributed by atoms with van der Waals surface area (Å²) in [5.41, 5.74) is 0. The minimum Gasteiger partial charge on any atom is -0.416 e. The van der Waals surface area contributed by atoms with Gasteiger partial charge in [-0.2, -0.15) is 0 Å². The zero-order chi connectivity index (χ0) is 23.6. The third-order valence-electron chi connectivity index (χ3n) is 6.99. The third kappa shape index (κ3) is 9.21. The fourth-order valence-corrected chi connectivity index (χ4v) is 7.41. The highest BCUT2D eigenvalue weighted by atomic mass is 28.4. The molecule has 0 saturated heterocycles. The first-order chi connectivity index (χ1) is 13.8. The largest absolute Gasteiger partial charge is 0.416 e. The van der Waals surface area contributed by atoms with E-state index in [2.05, 4.69) is 61.6 Å². The van der Waals surface area contributed by atoms with Crippen molar-refractivity contribution < 1.29 is 23.1 Å². The summed E-state index contributed by atoms with van der Waals surface area (Å²) >= 11 is 0. The van der Waals surface area contributed by atoms with Crippen molar-refractivity contribution in [2.24, 2.45) is 11.8 Å². The van der Waals surface area contributed by atoms with Crippen LogP contribution in [0, 0.1) is 11.8 Å². The van der Waals surface area contributed by atoms with Crippen LogP contribution in [0.3, 0.4) is 0 Å². The standard InChI is InChI=1S/C23H50O5Si2/c1-12-30(13-2,14-3)28-21(15-19(4)16-24)22(26-18-25-9)20(5)17-27-29(10,11)23(6,7)8/h16,19-22H,12-15,17-18H2,1-11H3/t19-,20-,21-,22-/m0/s1. The molecular formula is C23H50O5Si2. The van der Waals surface area contributed by atoms with Crippen LogP contribution in [0.25, 0.3) is 0 Å². The van der Waals surface area contributed by atoms with Crippen molar-refractivity contribution in [2.75, 3.05) is 20.5 Å². The highest BCUT2D eigenvalue weighted by molar-refractivity contribution is 6.74. The fourth-order valence-electron chi connectivity index (χ4n) is 3.43. The SMILES string of the molecule is CC[Si](CC)(CC)O[C@@H](C[C@H](C)C=O)[C@@H](OCOC)[C@@H](C)CO[Si](C)(C)C(C)(C)C. The van der Waals surface area contributed by atoms with Gasteiger partial charge < -0.3 is 23.1 Å². The number of hydrogen-bond acceptors (Lipinski definition) is 5. The van der Waals surface area contributed by atoms with Crippen LogP contribution in [0.15, 0.2) is 0 Å². The van der Waals surface area contributed by atoms with Gasteiger partial charge in [0.15, 0.2) is 16.6 Å². The Morgan fingerprint density at radius 3 is 1.93 bits per heavy atom. The average Bonchev–Trinajstić information content (AvgIpc) is 2.69. The summed E-state index contributed by atoms with van der Waals surface area (Å²) in [7, 11) is -2.09. The van der Waals surface area contributed by atoms with E-state index < -0.39 is 16.6 Å². The Hall–Kier alpha value is -0.0562. The quantitative estimate of drug-likeness (QED) is 0.154. The molecule has 0 aliphatic rings. The number of carbonyl (C=O) groups is 1.